The molecule has 1 aliphatic carbocycles. The van der Waals surface area contributed by atoms with Crippen LogP contribution in [0.3, 0.4) is 0 Å². The summed E-state index contributed by atoms with van der Waals surface area (Å²) in [6, 6.07) is 5.10. The van der Waals surface area contributed by atoms with Gasteiger partial charge in [-0.05, 0) is 49.3 Å². The lowest BCUT2D eigenvalue weighted by molar-refractivity contribution is -0.139. The normalized spacial score (nSPS) is 15.8. The van der Waals surface area contributed by atoms with Crippen LogP contribution in [-0.2, 0) is 11.2 Å². The molecule has 2 N–H and O–H groups in total. The summed E-state index contributed by atoms with van der Waals surface area (Å²) in [5, 5.41) is 12.1. The molecule has 1 atom stereocenters. The third kappa shape index (κ3) is 5.46. The zero-order valence-corrected chi connectivity index (χ0v) is 19.4. The number of amides is 1. The maximum Gasteiger partial charge on any atom is 0.326 e. The summed E-state index contributed by atoms with van der Waals surface area (Å²) in [5.41, 5.74) is 2.35. The molecule has 6 heteroatoms. The Labute approximate surface area is 185 Å². The number of fused-ring (bicyclic) bond motifs is 1. The smallest absolute Gasteiger partial charge is 0.326 e. The zero-order valence-electron chi connectivity index (χ0n) is 19.4. The zero-order chi connectivity index (χ0) is 22.5. The van der Waals surface area contributed by atoms with E-state index in [9.17, 15) is 14.7 Å². The number of aliphatic carboxylic acids is 1. The van der Waals surface area contributed by atoms with E-state index in [4.69, 9.17) is 4.98 Å². The van der Waals surface area contributed by atoms with Crippen molar-refractivity contribution in [2.45, 2.75) is 91.1 Å². The number of carbonyl (C=O) groups excluding carboxylic acids is 1. The molecule has 0 radical (unpaired) electrons. The first-order valence-corrected chi connectivity index (χ1v) is 11.9. The number of rotatable bonds is 10. The van der Waals surface area contributed by atoms with Gasteiger partial charge in [-0.3, -0.25) is 4.79 Å². The first-order chi connectivity index (χ1) is 14.8. The Bertz CT molecular complexity index is 908. The molecule has 1 aliphatic rings. The van der Waals surface area contributed by atoms with Crippen LogP contribution in [0.1, 0.15) is 94.9 Å². The maximum atomic E-state index is 12.8. The Kier molecular flexibility index (Phi) is 7.74. The van der Waals surface area contributed by atoms with E-state index in [0.29, 0.717) is 23.9 Å². The van der Waals surface area contributed by atoms with Gasteiger partial charge in [-0.15, -0.1) is 0 Å². The van der Waals surface area contributed by atoms with Crippen molar-refractivity contribution in [3.05, 3.63) is 29.6 Å². The van der Waals surface area contributed by atoms with Gasteiger partial charge in [0.1, 0.15) is 11.9 Å². The average molecular weight is 428 g/mol. The summed E-state index contributed by atoms with van der Waals surface area (Å²) in [6.45, 7) is 8.32. The van der Waals surface area contributed by atoms with Crippen molar-refractivity contribution >= 4 is 22.9 Å². The Morgan fingerprint density at radius 3 is 2.45 bits per heavy atom. The number of nitrogens with one attached hydrogen (secondary N) is 1. The molecule has 1 aromatic carbocycles. The molecule has 2 aromatic rings. The number of carbonyl (C=O) groups is 2. The van der Waals surface area contributed by atoms with Crippen LogP contribution >= 0.6 is 0 Å². The molecule has 0 spiro atoms. The number of carboxylic acids is 1. The van der Waals surface area contributed by atoms with Gasteiger partial charge in [-0.1, -0.05) is 53.4 Å². The van der Waals surface area contributed by atoms with Crippen LogP contribution in [0.4, 0.5) is 0 Å². The molecule has 31 heavy (non-hydrogen) atoms. The number of nitrogens with zero attached hydrogens (tertiary/aromatic N) is 2. The highest BCUT2D eigenvalue weighted by molar-refractivity contribution is 5.99. The second-order valence-electron chi connectivity index (χ2n) is 9.42. The monoisotopic (exact) mass is 427 g/mol. The molecule has 0 bridgehead atoms. The first-order valence-electron chi connectivity index (χ1n) is 11.9. The third-order valence-electron chi connectivity index (χ3n) is 6.59. The lowest BCUT2D eigenvalue weighted by Gasteiger charge is -2.20. The summed E-state index contributed by atoms with van der Waals surface area (Å²) < 4.78 is 2.38. The summed E-state index contributed by atoms with van der Waals surface area (Å²) in [5.74, 6) is 0.638. The Morgan fingerprint density at radius 2 is 1.87 bits per heavy atom. The molecular formula is C25H37N3O3. The van der Waals surface area contributed by atoms with Gasteiger partial charge >= 0.3 is 5.97 Å². The quantitative estimate of drug-likeness (QED) is 0.535. The lowest BCUT2D eigenvalue weighted by atomic mass is 10.0. The topological polar surface area (TPSA) is 84.2 Å². The number of carboxylic acid groups (broad SMARTS) is 1. The van der Waals surface area contributed by atoms with Crippen LogP contribution in [0.15, 0.2) is 18.2 Å². The van der Waals surface area contributed by atoms with Gasteiger partial charge in [0, 0.05) is 18.0 Å². The predicted octanol–water partition coefficient (Wildman–Crippen LogP) is 5.36. The van der Waals surface area contributed by atoms with Crippen molar-refractivity contribution in [2.24, 2.45) is 11.8 Å². The van der Waals surface area contributed by atoms with Gasteiger partial charge in [-0.2, -0.15) is 0 Å². The number of benzene rings is 1. The number of hydrogen-bond donors (Lipinski definition) is 2. The molecule has 3 rings (SSSR count). The highest BCUT2D eigenvalue weighted by atomic mass is 16.4. The number of hydrogen-bond acceptors (Lipinski definition) is 3. The molecule has 1 amide bonds. The Balaban J connectivity index is 1.91. The van der Waals surface area contributed by atoms with Crippen molar-refractivity contribution in [2.75, 3.05) is 0 Å². The molecule has 1 heterocycles. The van der Waals surface area contributed by atoms with E-state index in [1.165, 1.54) is 25.7 Å². The van der Waals surface area contributed by atoms with Crippen molar-refractivity contribution in [1.29, 1.82) is 0 Å². The lowest BCUT2D eigenvalue weighted by Crippen LogP contribution is -2.41. The highest BCUT2D eigenvalue weighted by Crippen LogP contribution is 2.32. The summed E-state index contributed by atoms with van der Waals surface area (Å²) in [6.07, 6.45) is 8.62. The standard InChI is InChI=1S/C25H37N3O3/c1-5-19(6-2)28-22-12-11-18(24(29)27-21(25(30)31)13-16(3)4)15-20(22)26-23(28)14-17-9-7-8-10-17/h11-12,15-17,19,21H,5-10,13-14H2,1-4H3,(H,27,29)(H,30,31). The predicted molar refractivity (Wildman–Crippen MR) is 123 cm³/mol. The second-order valence-corrected chi connectivity index (χ2v) is 9.42. The molecule has 0 saturated heterocycles. The van der Waals surface area contributed by atoms with E-state index < -0.39 is 12.0 Å². The summed E-state index contributed by atoms with van der Waals surface area (Å²) >= 11 is 0. The summed E-state index contributed by atoms with van der Waals surface area (Å²) in [4.78, 5) is 29.3. The average Bonchev–Trinajstić information content (AvgIpc) is 3.36. The minimum Gasteiger partial charge on any atom is -0.480 e. The first kappa shape index (κ1) is 23.3. The van der Waals surface area contributed by atoms with Crippen LogP contribution in [0, 0.1) is 11.8 Å². The Hall–Kier alpha value is -2.37. The van der Waals surface area contributed by atoms with Gasteiger partial charge < -0.3 is 15.0 Å². The van der Waals surface area contributed by atoms with Gasteiger partial charge in [0.25, 0.3) is 5.91 Å². The fourth-order valence-corrected chi connectivity index (χ4v) is 4.90. The SMILES string of the molecule is CCC(CC)n1c(CC2CCCC2)nc2cc(C(=O)NC(CC(C)C)C(=O)O)ccc21. The fraction of sp³-hybridized carbons (Fsp3) is 0.640. The molecule has 1 fully saturated rings. The Morgan fingerprint density at radius 1 is 1.19 bits per heavy atom. The summed E-state index contributed by atoms with van der Waals surface area (Å²) in [7, 11) is 0. The molecule has 6 nitrogen and oxygen atoms in total. The fourth-order valence-electron chi connectivity index (χ4n) is 4.90. The molecule has 0 aliphatic heterocycles. The van der Waals surface area contributed by atoms with E-state index in [1.54, 1.807) is 6.07 Å². The minimum absolute atomic E-state index is 0.178. The van der Waals surface area contributed by atoms with E-state index in [0.717, 1.165) is 36.1 Å². The van der Waals surface area contributed by atoms with E-state index >= 15 is 0 Å². The van der Waals surface area contributed by atoms with Crippen molar-refractivity contribution < 1.29 is 14.7 Å². The van der Waals surface area contributed by atoms with Gasteiger partial charge in [-0.25, -0.2) is 9.78 Å². The molecule has 170 valence electrons. The minimum atomic E-state index is -1.00. The third-order valence-corrected chi connectivity index (χ3v) is 6.59. The van der Waals surface area contributed by atoms with E-state index in [1.807, 2.05) is 26.0 Å². The number of imidazole rings is 1. The molecular weight excluding hydrogens is 390 g/mol. The van der Waals surface area contributed by atoms with Crippen molar-refractivity contribution in [3.8, 4) is 0 Å². The van der Waals surface area contributed by atoms with E-state index in [-0.39, 0.29) is 11.8 Å². The molecule has 1 aromatic heterocycles. The molecule has 1 saturated carbocycles. The van der Waals surface area contributed by atoms with Crippen LogP contribution in [0.2, 0.25) is 0 Å². The van der Waals surface area contributed by atoms with E-state index in [2.05, 4.69) is 23.7 Å². The highest BCUT2D eigenvalue weighted by Gasteiger charge is 2.24. The largest absolute Gasteiger partial charge is 0.480 e. The van der Waals surface area contributed by atoms with Crippen LogP contribution in [0.25, 0.3) is 11.0 Å². The molecule has 1 unspecified atom stereocenters. The number of aromatic nitrogens is 2. The van der Waals surface area contributed by atoms with Crippen LogP contribution < -0.4 is 5.32 Å². The van der Waals surface area contributed by atoms with Crippen LogP contribution in [0.5, 0.6) is 0 Å². The van der Waals surface area contributed by atoms with Gasteiger partial charge in [0.05, 0.1) is 11.0 Å². The van der Waals surface area contributed by atoms with Crippen molar-refractivity contribution in [1.82, 2.24) is 14.9 Å². The maximum absolute atomic E-state index is 12.8. The van der Waals surface area contributed by atoms with Crippen molar-refractivity contribution in [3.63, 3.8) is 0 Å². The van der Waals surface area contributed by atoms with Crippen LogP contribution in [-0.4, -0.2) is 32.6 Å². The second kappa shape index (κ2) is 10.3. The van der Waals surface area contributed by atoms with Gasteiger partial charge in [0.2, 0.25) is 0 Å². The van der Waals surface area contributed by atoms with Gasteiger partial charge in [0.15, 0.2) is 0 Å².